The lowest BCUT2D eigenvalue weighted by Gasteiger charge is -1.91. The van der Waals surface area contributed by atoms with Gasteiger partial charge < -0.3 is 10.8 Å². The minimum Gasteiger partial charge on any atom is -0.493 e. The van der Waals surface area contributed by atoms with Crippen LogP contribution in [-0.2, 0) is 0 Å². The monoisotopic (exact) mass is 127 g/mol. The van der Waals surface area contributed by atoms with E-state index in [0.717, 1.165) is 0 Å². The van der Waals surface area contributed by atoms with Gasteiger partial charge in [-0.3, -0.25) is 0 Å². The first-order valence-electron chi connectivity index (χ1n) is 2.24. The fourth-order valence-electron chi connectivity index (χ4n) is 0.466. The summed E-state index contributed by atoms with van der Waals surface area (Å²) in [6, 6.07) is 0.475. The summed E-state index contributed by atoms with van der Waals surface area (Å²) >= 11 is 0. The number of carbonyl (C=O) groups is 1. The van der Waals surface area contributed by atoms with Crippen molar-refractivity contribution in [3.63, 3.8) is 0 Å². The molecule has 0 aromatic carbocycles. The van der Waals surface area contributed by atoms with Gasteiger partial charge in [-0.05, 0) is 0 Å². The molecule has 9 heavy (non-hydrogen) atoms. The second kappa shape index (κ2) is 1.77. The van der Waals surface area contributed by atoms with Crippen molar-refractivity contribution in [2.24, 2.45) is 5.73 Å². The van der Waals surface area contributed by atoms with Crippen LogP contribution < -0.4 is 5.73 Å². The highest BCUT2D eigenvalue weighted by Gasteiger charge is 2.02. The maximum atomic E-state index is 10.2. The third-order valence-corrected chi connectivity index (χ3v) is 0.832. The number of hydrogen-bond donors (Lipinski definition) is 2. The molecule has 0 radical (unpaired) electrons. The number of rotatable bonds is 0. The summed E-state index contributed by atoms with van der Waals surface area (Å²) in [4.78, 5) is 10.2. The van der Waals surface area contributed by atoms with Gasteiger partial charge in [-0.15, -0.1) is 4.68 Å². The third-order valence-electron chi connectivity index (χ3n) is 0.832. The molecule has 0 fully saturated rings. The zero-order chi connectivity index (χ0) is 6.85. The highest BCUT2D eigenvalue weighted by molar-refractivity contribution is 5.74. The Morgan fingerprint density at radius 1 is 1.89 bits per heavy atom. The van der Waals surface area contributed by atoms with Crippen molar-refractivity contribution in [2.75, 3.05) is 0 Å². The summed E-state index contributed by atoms with van der Waals surface area (Å²) in [5.74, 6) is -0.248. The summed E-state index contributed by atoms with van der Waals surface area (Å²) in [5.41, 5.74) is 4.76. The average Bonchev–Trinajstić information content (AvgIpc) is 2.13. The SMILES string of the molecule is NC(=O)n1nccc1O. The van der Waals surface area contributed by atoms with E-state index in [2.05, 4.69) is 5.10 Å². The molecule has 0 bridgehead atoms. The Kier molecular flexibility index (Phi) is 1.11. The fourth-order valence-corrected chi connectivity index (χ4v) is 0.466. The van der Waals surface area contributed by atoms with Crippen molar-refractivity contribution in [1.29, 1.82) is 0 Å². The van der Waals surface area contributed by atoms with Crippen molar-refractivity contribution in [3.05, 3.63) is 12.3 Å². The van der Waals surface area contributed by atoms with Crippen LogP contribution in [0.2, 0.25) is 0 Å². The van der Waals surface area contributed by atoms with Crippen LogP contribution in [0.3, 0.4) is 0 Å². The third kappa shape index (κ3) is 0.835. The van der Waals surface area contributed by atoms with E-state index in [1.165, 1.54) is 12.3 Å². The van der Waals surface area contributed by atoms with Crippen molar-refractivity contribution in [1.82, 2.24) is 9.78 Å². The smallest absolute Gasteiger partial charge is 0.342 e. The summed E-state index contributed by atoms with van der Waals surface area (Å²) in [7, 11) is 0. The molecule has 5 nitrogen and oxygen atoms in total. The van der Waals surface area contributed by atoms with E-state index < -0.39 is 6.03 Å². The molecule has 1 heterocycles. The lowest BCUT2D eigenvalue weighted by Crippen LogP contribution is -2.19. The molecular weight excluding hydrogens is 122 g/mol. The molecule has 0 spiro atoms. The van der Waals surface area contributed by atoms with Crippen LogP contribution in [0.15, 0.2) is 12.3 Å². The first-order chi connectivity index (χ1) is 4.22. The highest BCUT2D eigenvalue weighted by atomic mass is 16.3. The van der Waals surface area contributed by atoms with Gasteiger partial charge in [0.1, 0.15) is 0 Å². The molecule has 1 aromatic heterocycles. The van der Waals surface area contributed by atoms with Gasteiger partial charge in [-0.2, -0.15) is 5.10 Å². The van der Waals surface area contributed by atoms with E-state index in [9.17, 15) is 4.79 Å². The van der Waals surface area contributed by atoms with Gasteiger partial charge in [0.15, 0.2) is 0 Å². The zero-order valence-electron chi connectivity index (χ0n) is 4.48. The predicted octanol–water partition coefficient (Wildman–Crippen LogP) is -0.485. The molecule has 0 saturated carbocycles. The standard InChI is InChI=1S/C4H5N3O2/c5-4(9)7-3(8)1-2-6-7/h1-2,8H,(H2,5,9). The Balaban J connectivity index is 3.08. The molecule has 48 valence electrons. The molecule has 1 amide bonds. The van der Waals surface area contributed by atoms with Crippen LogP contribution in [0, 0.1) is 0 Å². The normalized spacial score (nSPS) is 9.33. The van der Waals surface area contributed by atoms with Gasteiger partial charge in [0.05, 0.1) is 6.20 Å². The average molecular weight is 127 g/mol. The number of hydrogen-bond acceptors (Lipinski definition) is 3. The van der Waals surface area contributed by atoms with Gasteiger partial charge in [0, 0.05) is 6.07 Å². The van der Waals surface area contributed by atoms with Crippen molar-refractivity contribution in [2.45, 2.75) is 0 Å². The summed E-state index contributed by atoms with van der Waals surface area (Å²) in [5, 5.41) is 12.1. The van der Waals surface area contributed by atoms with Crippen LogP contribution in [0.1, 0.15) is 0 Å². The number of carbonyl (C=O) groups excluding carboxylic acids is 1. The van der Waals surface area contributed by atoms with E-state index in [1.807, 2.05) is 0 Å². The predicted molar refractivity (Wildman–Crippen MR) is 28.9 cm³/mol. The minimum atomic E-state index is -0.794. The van der Waals surface area contributed by atoms with Gasteiger partial charge in [-0.25, -0.2) is 4.79 Å². The first kappa shape index (κ1) is 5.61. The molecule has 0 aliphatic heterocycles. The number of primary amides is 1. The quantitative estimate of drug-likeness (QED) is 0.493. The van der Waals surface area contributed by atoms with E-state index in [-0.39, 0.29) is 5.88 Å². The number of aromatic hydroxyl groups is 1. The lowest BCUT2D eigenvalue weighted by molar-refractivity contribution is 0.244. The van der Waals surface area contributed by atoms with Crippen LogP contribution in [0.4, 0.5) is 4.79 Å². The summed E-state index contributed by atoms with van der Waals surface area (Å²) in [6.07, 6.45) is 1.28. The Bertz CT molecular complexity index is 229. The van der Waals surface area contributed by atoms with Gasteiger partial charge >= 0.3 is 6.03 Å². The van der Waals surface area contributed by atoms with Crippen LogP contribution in [0.25, 0.3) is 0 Å². The summed E-state index contributed by atoms with van der Waals surface area (Å²) in [6.45, 7) is 0. The van der Waals surface area contributed by atoms with Crippen LogP contribution in [-0.4, -0.2) is 20.9 Å². The number of nitrogens with zero attached hydrogens (tertiary/aromatic N) is 2. The van der Waals surface area contributed by atoms with Gasteiger partial charge in [0.25, 0.3) is 0 Å². The van der Waals surface area contributed by atoms with E-state index in [0.29, 0.717) is 4.68 Å². The van der Waals surface area contributed by atoms with E-state index >= 15 is 0 Å². The number of nitrogens with two attached hydrogens (primary N) is 1. The summed E-state index contributed by atoms with van der Waals surface area (Å²) < 4.78 is 0.694. The van der Waals surface area contributed by atoms with E-state index in [4.69, 9.17) is 10.8 Å². The van der Waals surface area contributed by atoms with Crippen molar-refractivity contribution >= 4 is 6.03 Å². The van der Waals surface area contributed by atoms with Crippen LogP contribution >= 0.6 is 0 Å². The Morgan fingerprint density at radius 2 is 2.56 bits per heavy atom. The molecule has 0 aliphatic rings. The molecule has 1 aromatic rings. The molecular formula is C4H5N3O2. The fraction of sp³-hybridized carbons (Fsp3) is 0. The minimum absolute atomic E-state index is 0.248. The molecule has 0 saturated heterocycles. The molecule has 1 rings (SSSR count). The van der Waals surface area contributed by atoms with Crippen LogP contribution in [0.5, 0.6) is 5.88 Å². The maximum Gasteiger partial charge on any atom is 0.342 e. The zero-order valence-corrected chi connectivity index (χ0v) is 4.48. The van der Waals surface area contributed by atoms with Crippen molar-refractivity contribution < 1.29 is 9.90 Å². The molecule has 0 atom stereocenters. The van der Waals surface area contributed by atoms with Crippen molar-refractivity contribution in [3.8, 4) is 5.88 Å². The Labute approximate surface area is 50.7 Å². The largest absolute Gasteiger partial charge is 0.493 e. The Morgan fingerprint density at radius 3 is 2.78 bits per heavy atom. The molecule has 0 unspecified atom stereocenters. The maximum absolute atomic E-state index is 10.2. The lowest BCUT2D eigenvalue weighted by atomic mass is 10.7. The highest BCUT2D eigenvalue weighted by Crippen LogP contribution is 2.03. The second-order valence-electron chi connectivity index (χ2n) is 1.44. The Hall–Kier alpha value is -1.52. The molecule has 5 heteroatoms. The molecule has 3 N–H and O–H groups in total. The first-order valence-corrected chi connectivity index (χ1v) is 2.24. The van der Waals surface area contributed by atoms with E-state index in [1.54, 1.807) is 0 Å². The number of aromatic nitrogens is 2. The number of amides is 1. The molecule has 0 aliphatic carbocycles. The topological polar surface area (TPSA) is 81.1 Å². The van der Waals surface area contributed by atoms with Gasteiger partial charge in [0.2, 0.25) is 5.88 Å². The second-order valence-corrected chi connectivity index (χ2v) is 1.44. The van der Waals surface area contributed by atoms with Gasteiger partial charge in [-0.1, -0.05) is 0 Å².